The Labute approximate surface area is 86.0 Å². The minimum Gasteiger partial charge on any atom is -0.388 e. The lowest BCUT2D eigenvalue weighted by Crippen LogP contribution is -2.30. The van der Waals surface area contributed by atoms with Crippen molar-refractivity contribution in [3.8, 4) is 0 Å². The van der Waals surface area contributed by atoms with Crippen LogP contribution in [0.3, 0.4) is 0 Å². The first-order valence-corrected chi connectivity index (χ1v) is 5.82. The van der Waals surface area contributed by atoms with Crippen LogP contribution in [-0.4, -0.2) is 24.4 Å². The van der Waals surface area contributed by atoms with Crippen LogP contribution in [0.5, 0.6) is 0 Å². The second-order valence-corrected chi connectivity index (χ2v) is 4.45. The van der Waals surface area contributed by atoms with Gasteiger partial charge in [0.15, 0.2) is 0 Å². The molecule has 2 unspecified atom stereocenters. The van der Waals surface area contributed by atoms with E-state index in [0.29, 0.717) is 5.92 Å². The molecule has 1 N–H and O–H groups in total. The van der Waals surface area contributed by atoms with E-state index < -0.39 is 0 Å². The molecule has 0 aromatic carbocycles. The largest absolute Gasteiger partial charge is 0.388 e. The second kappa shape index (κ2) is 4.94. The normalized spacial score (nSPS) is 30.9. The van der Waals surface area contributed by atoms with Crippen LogP contribution in [0.4, 0.5) is 0 Å². The number of aliphatic hydroxyl groups is 1. The molecule has 0 radical (unpaired) electrons. The van der Waals surface area contributed by atoms with E-state index in [0.717, 1.165) is 38.9 Å². The van der Waals surface area contributed by atoms with Gasteiger partial charge in [0.2, 0.25) is 0 Å². The topological polar surface area (TPSA) is 29.5 Å². The molecule has 0 aromatic heterocycles. The van der Waals surface area contributed by atoms with Crippen molar-refractivity contribution in [1.82, 2.24) is 0 Å². The molecule has 2 heteroatoms. The van der Waals surface area contributed by atoms with Gasteiger partial charge in [0.05, 0.1) is 12.7 Å². The van der Waals surface area contributed by atoms with Gasteiger partial charge < -0.3 is 9.84 Å². The molecule has 0 spiro atoms. The van der Waals surface area contributed by atoms with Gasteiger partial charge >= 0.3 is 0 Å². The van der Waals surface area contributed by atoms with Gasteiger partial charge in [-0.3, -0.25) is 0 Å². The third-order valence-electron chi connectivity index (χ3n) is 3.35. The van der Waals surface area contributed by atoms with Gasteiger partial charge in [-0.05, 0) is 44.1 Å². The number of allylic oxidation sites excluding steroid dienone is 1. The molecule has 0 saturated carbocycles. The summed E-state index contributed by atoms with van der Waals surface area (Å²) in [6, 6.07) is 0. The molecule has 0 amide bonds. The Morgan fingerprint density at radius 3 is 2.93 bits per heavy atom. The number of rotatable bonds is 2. The Morgan fingerprint density at radius 2 is 2.29 bits per heavy atom. The van der Waals surface area contributed by atoms with Crippen LogP contribution in [-0.2, 0) is 4.74 Å². The molecule has 1 aliphatic carbocycles. The van der Waals surface area contributed by atoms with Crippen molar-refractivity contribution in [3.63, 3.8) is 0 Å². The van der Waals surface area contributed by atoms with Gasteiger partial charge in [-0.1, -0.05) is 6.08 Å². The van der Waals surface area contributed by atoms with Crippen LogP contribution in [0, 0.1) is 5.92 Å². The fraction of sp³-hybridized carbons (Fsp3) is 0.833. The Morgan fingerprint density at radius 1 is 1.36 bits per heavy atom. The van der Waals surface area contributed by atoms with Gasteiger partial charge in [0.1, 0.15) is 0 Å². The lowest BCUT2D eigenvalue weighted by molar-refractivity contribution is 0.00278. The Bertz CT molecular complexity index is 204. The molecule has 2 nitrogen and oxygen atoms in total. The summed E-state index contributed by atoms with van der Waals surface area (Å²) in [5, 5.41) is 10.2. The number of hydrogen-bond acceptors (Lipinski definition) is 2. The summed E-state index contributed by atoms with van der Waals surface area (Å²) in [7, 11) is 0. The highest BCUT2D eigenvalue weighted by Crippen LogP contribution is 2.28. The highest BCUT2D eigenvalue weighted by Gasteiger charge is 2.25. The molecule has 2 aliphatic rings. The number of ether oxygens (including phenoxy) is 1. The van der Waals surface area contributed by atoms with E-state index in [1.54, 1.807) is 0 Å². The lowest BCUT2D eigenvalue weighted by atomic mass is 9.86. The fourth-order valence-electron chi connectivity index (χ4n) is 2.45. The SMILES string of the molecule is OC(C1=CCCCC1)C1CCCOC1. The van der Waals surface area contributed by atoms with Gasteiger partial charge in [0.25, 0.3) is 0 Å². The smallest absolute Gasteiger partial charge is 0.0800 e. The first-order chi connectivity index (χ1) is 6.88. The van der Waals surface area contributed by atoms with Crippen LogP contribution in [0.1, 0.15) is 38.5 Å². The molecular weight excluding hydrogens is 176 g/mol. The average Bonchev–Trinajstić information content (AvgIpc) is 2.30. The molecule has 2 rings (SSSR count). The minimum atomic E-state index is -0.226. The van der Waals surface area contributed by atoms with Crippen LogP contribution >= 0.6 is 0 Å². The van der Waals surface area contributed by atoms with Gasteiger partial charge in [-0.15, -0.1) is 0 Å². The predicted molar refractivity (Wildman–Crippen MR) is 56.1 cm³/mol. The molecule has 0 bridgehead atoms. The molecule has 2 atom stereocenters. The van der Waals surface area contributed by atoms with Gasteiger partial charge in [-0.2, -0.15) is 0 Å². The van der Waals surface area contributed by atoms with Crippen LogP contribution in [0.2, 0.25) is 0 Å². The van der Waals surface area contributed by atoms with Crippen molar-refractivity contribution in [2.45, 2.75) is 44.6 Å². The van der Waals surface area contributed by atoms with Crippen molar-refractivity contribution >= 4 is 0 Å². The van der Waals surface area contributed by atoms with Gasteiger partial charge in [-0.25, -0.2) is 0 Å². The maximum Gasteiger partial charge on any atom is 0.0800 e. The highest BCUT2D eigenvalue weighted by atomic mass is 16.5. The van der Waals surface area contributed by atoms with Crippen LogP contribution in [0.25, 0.3) is 0 Å². The summed E-state index contributed by atoms with van der Waals surface area (Å²) < 4.78 is 5.41. The van der Waals surface area contributed by atoms with E-state index in [2.05, 4.69) is 6.08 Å². The monoisotopic (exact) mass is 196 g/mol. The van der Waals surface area contributed by atoms with Crippen molar-refractivity contribution in [2.24, 2.45) is 5.92 Å². The number of hydrogen-bond donors (Lipinski definition) is 1. The second-order valence-electron chi connectivity index (χ2n) is 4.45. The third kappa shape index (κ3) is 2.37. The summed E-state index contributed by atoms with van der Waals surface area (Å²) in [5.41, 5.74) is 1.27. The molecule has 80 valence electrons. The standard InChI is InChI=1S/C12H20O2/c13-12(10-5-2-1-3-6-10)11-7-4-8-14-9-11/h5,11-13H,1-4,6-9H2. The summed E-state index contributed by atoms with van der Waals surface area (Å²) in [6.45, 7) is 1.63. The fourth-order valence-corrected chi connectivity index (χ4v) is 2.45. The third-order valence-corrected chi connectivity index (χ3v) is 3.35. The maximum absolute atomic E-state index is 10.2. The van der Waals surface area contributed by atoms with E-state index in [-0.39, 0.29) is 6.10 Å². The Kier molecular flexibility index (Phi) is 3.60. The molecule has 1 heterocycles. The zero-order valence-corrected chi connectivity index (χ0v) is 8.74. The van der Waals surface area contributed by atoms with Crippen LogP contribution in [0.15, 0.2) is 11.6 Å². The van der Waals surface area contributed by atoms with Crippen molar-refractivity contribution in [3.05, 3.63) is 11.6 Å². The molecule has 1 fully saturated rings. The average molecular weight is 196 g/mol. The minimum absolute atomic E-state index is 0.226. The molecule has 1 saturated heterocycles. The van der Waals surface area contributed by atoms with Crippen molar-refractivity contribution in [2.75, 3.05) is 13.2 Å². The summed E-state index contributed by atoms with van der Waals surface area (Å²) in [5.74, 6) is 0.355. The summed E-state index contributed by atoms with van der Waals surface area (Å²) in [6.07, 6.45) is 9.03. The number of aliphatic hydroxyl groups excluding tert-OH is 1. The van der Waals surface area contributed by atoms with Crippen molar-refractivity contribution < 1.29 is 9.84 Å². The van der Waals surface area contributed by atoms with E-state index >= 15 is 0 Å². The first kappa shape index (κ1) is 10.2. The zero-order valence-electron chi connectivity index (χ0n) is 8.74. The quantitative estimate of drug-likeness (QED) is 0.686. The molecule has 14 heavy (non-hydrogen) atoms. The zero-order chi connectivity index (χ0) is 9.80. The maximum atomic E-state index is 10.2. The lowest BCUT2D eigenvalue weighted by Gasteiger charge is -2.29. The van der Waals surface area contributed by atoms with E-state index in [4.69, 9.17) is 4.74 Å². The summed E-state index contributed by atoms with van der Waals surface area (Å²) >= 11 is 0. The molecule has 1 aliphatic heterocycles. The predicted octanol–water partition coefficient (Wildman–Crippen LogP) is 2.27. The van der Waals surface area contributed by atoms with Gasteiger partial charge in [0, 0.05) is 12.5 Å². The van der Waals surface area contributed by atoms with Crippen molar-refractivity contribution in [1.29, 1.82) is 0 Å². The van der Waals surface area contributed by atoms with E-state index in [1.165, 1.54) is 18.4 Å². The Balaban J connectivity index is 1.91. The van der Waals surface area contributed by atoms with E-state index in [1.807, 2.05) is 0 Å². The molecular formula is C12H20O2. The highest BCUT2D eigenvalue weighted by molar-refractivity contribution is 5.12. The van der Waals surface area contributed by atoms with Crippen LogP contribution < -0.4 is 0 Å². The summed E-state index contributed by atoms with van der Waals surface area (Å²) in [4.78, 5) is 0. The first-order valence-electron chi connectivity index (χ1n) is 5.82. The Hall–Kier alpha value is -0.340. The van der Waals surface area contributed by atoms with E-state index in [9.17, 15) is 5.11 Å². The molecule has 0 aromatic rings.